The zero-order valence-corrected chi connectivity index (χ0v) is 13.8. The molecule has 0 bridgehead atoms. The van der Waals surface area contributed by atoms with Gasteiger partial charge in [0.25, 0.3) is 0 Å². The molecule has 2 aliphatic rings. The van der Waals surface area contributed by atoms with E-state index in [4.69, 9.17) is 11.6 Å². The van der Waals surface area contributed by atoms with Gasteiger partial charge in [-0.15, -0.1) is 0 Å². The molecule has 2 aromatic carbocycles. The van der Waals surface area contributed by atoms with Crippen LogP contribution in [0.1, 0.15) is 11.1 Å². The van der Waals surface area contributed by atoms with Crippen LogP contribution in [0.3, 0.4) is 0 Å². The number of halogens is 1. The minimum Gasteiger partial charge on any atom is -0.368 e. The van der Waals surface area contributed by atoms with Gasteiger partial charge in [-0.25, -0.2) is 0 Å². The number of hydrogen-bond donors (Lipinski definition) is 1. The van der Waals surface area contributed by atoms with E-state index < -0.39 is 0 Å². The number of nitrogens with one attached hydrogen (secondary N) is 1. The van der Waals surface area contributed by atoms with Crippen LogP contribution in [0.15, 0.2) is 52.3 Å². The lowest BCUT2D eigenvalue weighted by molar-refractivity contribution is 0.341. The fraction of sp³-hybridized carbons (Fsp3) is 0.222. The van der Waals surface area contributed by atoms with Gasteiger partial charge in [-0.05, 0) is 35.9 Å². The molecular formula is C18H17ClN2S. The van der Waals surface area contributed by atoms with Gasteiger partial charge in [0.2, 0.25) is 0 Å². The maximum absolute atomic E-state index is 6.21. The first-order chi connectivity index (χ1) is 10.8. The number of hydrogen-bond acceptors (Lipinski definition) is 3. The molecule has 0 spiro atoms. The second kappa shape index (κ2) is 5.99. The van der Waals surface area contributed by atoms with Crippen LogP contribution in [0.5, 0.6) is 0 Å². The Balaban J connectivity index is 1.88. The van der Waals surface area contributed by atoms with Crippen LogP contribution in [-0.2, 0) is 0 Å². The van der Waals surface area contributed by atoms with Gasteiger partial charge in [-0.2, -0.15) is 0 Å². The van der Waals surface area contributed by atoms with Crippen molar-refractivity contribution in [2.45, 2.75) is 9.79 Å². The second-order valence-corrected chi connectivity index (χ2v) is 7.07. The summed E-state index contributed by atoms with van der Waals surface area (Å²) < 4.78 is 0. The van der Waals surface area contributed by atoms with E-state index in [1.165, 1.54) is 26.6 Å². The van der Waals surface area contributed by atoms with Crippen molar-refractivity contribution < 1.29 is 0 Å². The highest BCUT2D eigenvalue weighted by atomic mass is 35.5. The molecule has 1 saturated heterocycles. The maximum atomic E-state index is 6.21. The van der Waals surface area contributed by atoms with E-state index in [-0.39, 0.29) is 0 Å². The number of piperazine rings is 1. The van der Waals surface area contributed by atoms with Gasteiger partial charge in [0.15, 0.2) is 0 Å². The molecule has 4 rings (SSSR count). The van der Waals surface area contributed by atoms with E-state index in [0.717, 1.165) is 31.2 Å². The molecule has 1 fully saturated rings. The summed E-state index contributed by atoms with van der Waals surface area (Å²) in [5, 5.41) is 4.22. The fourth-order valence-electron chi connectivity index (χ4n) is 3.00. The van der Waals surface area contributed by atoms with Crippen LogP contribution in [-0.4, -0.2) is 31.1 Å². The quantitative estimate of drug-likeness (QED) is 0.844. The first-order valence-electron chi connectivity index (χ1n) is 7.55. The monoisotopic (exact) mass is 328 g/mol. The predicted molar refractivity (Wildman–Crippen MR) is 94.3 cm³/mol. The van der Waals surface area contributed by atoms with Gasteiger partial charge in [0.05, 0.1) is 0 Å². The van der Waals surface area contributed by atoms with E-state index in [0.29, 0.717) is 0 Å². The summed E-state index contributed by atoms with van der Waals surface area (Å²) in [5.74, 6) is 0. The van der Waals surface area contributed by atoms with Crippen molar-refractivity contribution >= 4 is 35.1 Å². The molecule has 112 valence electrons. The first-order valence-corrected chi connectivity index (χ1v) is 8.75. The van der Waals surface area contributed by atoms with Crippen molar-refractivity contribution in [1.82, 2.24) is 10.2 Å². The molecule has 1 N–H and O–H groups in total. The summed E-state index contributed by atoms with van der Waals surface area (Å²) in [4.78, 5) is 5.06. The van der Waals surface area contributed by atoms with E-state index in [2.05, 4.69) is 52.7 Å². The third-order valence-electron chi connectivity index (χ3n) is 4.10. The van der Waals surface area contributed by atoms with E-state index in [1.54, 1.807) is 0 Å². The summed E-state index contributed by atoms with van der Waals surface area (Å²) in [5.41, 5.74) is 3.84. The van der Waals surface area contributed by atoms with Crippen LogP contribution in [0.2, 0.25) is 5.02 Å². The third kappa shape index (κ3) is 2.65. The molecule has 22 heavy (non-hydrogen) atoms. The van der Waals surface area contributed by atoms with Crippen molar-refractivity contribution in [3.05, 3.63) is 58.6 Å². The molecular weight excluding hydrogens is 312 g/mol. The molecule has 0 atom stereocenters. The summed E-state index contributed by atoms with van der Waals surface area (Å²) in [7, 11) is 0. The molecule has 0 aromatic heterocycles. The lowest BCUT2D eigenvalue weighted by Crippen LogP contribution is -2.42. The molecule has 0 aliphatic carbocycles. The molecule has 2 heterocycles. The van der Waals surface area contributed by atoms with Crippen molar-refractivity contribution in [3.63, 3.8) is 0 Å². The van der Waals surface area contributed by atoms with Gasteiger partial charge in [-0.1, -0.05) is 41.6 Å². The summed E-state index contributed by atoms with van der Waals surface area (Å²) in [6.07, 6.45) is 2.30. The molecule has 2 nitrogen and oxygen atoms in total. The fourth-order valence-corrected chi connectivity index (χ4v) is 4.22. The maximum Gasteiger partial charge on any atom is 0.0458 e. The zero-order chi connectivity index (χ0) is 14.9. The molecule has 2 aromatic rings. The Kier molecular flexibility index (Phi) is 3.87. The lowest BCUT2D eigenvalue weighted by atomic mass is 10.1. The Hall–Kier alpha value is -1.42. The highest BCUT2D eigenvalue weighted by Gasteiger charge is 2.21. The molecule has 0 unspecified atom stereocenters. The number of rotatable bonds is 1. The Morgan fingerprint density at radius 1 is 1.00 bits per heavy atom. The standard InChI is InChI=1S/C18H17ClN2S/c19-14-5-6-17-13(11-14)12-16(21-9-7-20-8-10-21)15-3-1-2-4-18(15)22-17/h1-6,11-12,20H,7-10H2. The van der Waals surface area contributed by atoms with Crippen LogP contribution in [0, 0.1) is 0 Å². The van der Waals surface area contributed by atoms with E-state index in [1.807, 2.05) is 17.8 Å². The average molecular weight is 329 g/mol. The van der Waals surface area contributed by atoms with Crippen LogP contribution >= 0.6 is 23.4 Å². The van der Waals surface area contributed by atoms with Crippen molar-refractivity contribution in [3.8, 4) is 0 Å². The van der Waals surface area contributed by atoms with Crippen LogP contribution in [0.25, 0.3) is 11.8 Å². The van der Waals surface area contributed by atoms with Gasteiger partial charge in [0, 0.05) is 52.3 Å². The topological polar surface area (TPSA) is 15.3 Å². The van der Waals surface area contributed by atoms with E-state index >= 15 is 0 Å². The number of nitrogens with zero attached hydrogens (tertiary/aromatic N) is 1. The Morgan fingerprint density at radius 2 is 1.82 bits per heavy atom. The molecule has 0 amide bonds. The van der Waals surface area contributed by atoms with Crippen molar-refractivity contribution in [2.24, 2.45) is 0 Å². The predicted octanol–water partition coefficient (Wildman–Crippen LogP) is 4.21. The summed E-state index contributed by atoms with van der Waals surface area (Å²) >= 11 is 8.04. The normalized spacial score (nSPS) is 17.3. The first kappa shape index (κ1) is 14.2. The summed E-state index contributed by atoms with van der Waals surface area (Å²) in [6, 6.07) is 14.8. The Morgan fingerprint density at radius 3 is 2.68 bits per heavy atom. The Bertz CT molecular complexity index is 736. The van der Waals surface area contributed by atoms with Gasteiger partial charge in [-0.3, -0.25) is 0 Å². The van der Waals surface area contributed by atoms with Crippen molar-refractivity contribution in [2.75, 3.05) is 26.2 Å². The highest BCUT2D eigenvalue weighted by molar-refractivity contribution is 7.99. The molecule has 0 saturated carbocycles. The second-order valence-electron chi connectivity index (χ2n) is 5.55. The number of benzene rings is 2. The van der Waals surface area contributed by atoms with Gasteiger partial charge in [0.1, 0.15) is 0 Å². The SMILES string of the molecule is Clc1ccc2c(c1)C=C(N1CCNCC1)c1ccccc1S2. The van der Waals surface area contributed by atoms with Crippen LogP contribution < -0.4 is 5.32 Å². The van der Waals surface area contributed by atoms with Gasteiger partial charge >= 0.3 is 0 Å². The Labute approximate surface area is 140 Å². The lowest BCUT2D eigenvalue weighted by Gasteiger charge is -2.32. The largest absolute Gasteiger partial charge is 0.368 e. The number of fused-ring (bicyclic) bond motifs is 2. The van der Waals surface area contributed by atoms with Gasteiger partial charge < -0.3 is 10.2 Å². The molecule has 4 heteroatoms. The summed E-state index contributed by atoms with van der Waals surface area (Å²) in [6.45, 7) is 4.16. The smallest absolute Gasteiger partial charge is 0.0458 e. The molecule has 2 aliphatic heterocycles. The zero-order valence-electron chi connectivity index (χ0n) is 12.2. The van der Waals surface area contributed by atoms with Crippen molar-refractivity contribution in [1.29, 1.82) is 0 Å². The minimum absolute atomic E-state index is 0.793. The third-order valence-corrected chi connectivity index (χ3v) is 5.51. The van der Waals surface area contributed by atoms with E-state index in [9.17, 15) is 0 Å². The van der Waals surface area contributed by atoms with Crippen LogP contribution in [0.4, 0.5) is 0 Å². The molecule has 0 radical (unpaired) electrons. The average Bonchev–Trinajstić information content (AvgIpc) is 2.72. The minimum atomic E-state index is 0.793. The highest BCUT2D eigenvalue weighted by Crippen LogP contribution is 2.42.